The average molecular weight is 244 g/mol. The molecule has 0 aromatic heterocycles. The van der Waals surface area contributed by atoms with Gasteiger partial charge in [-0.1, -0.05) is 54.6 Å². The van der Waals surface area contributed by atoms with Gasteiger partial charge in [0.1, 0.15) is 0 Å². The van der Waals surface area contributed by atoms with Gasteiger partial charge in [-0.15, -0.1) is 0 Å². The topological polar surface area (TPSA) is 0 Å². The number of allylic oxidation sites excluding steroid dienone is 4. The number of fused-ring (bicyclic) bond motifs is 6. The summed E-state index contributed by atoms with van der Waals surface area (Å²) < 4.78 is 0. The van der Waals surface area contributed by atoms with Crippen LogP contribution in [-0.4, -0.2) is 0 Å². The van der Waals surface area contributed by atoms with Crippen molar-refractivity contribution >= 4 is 5.57 Å². The van der Waals surface area contributed by atoms with Crippen molar-refractivity contribution in [3.05, 3.63) is 76.9 Å². The molecule has 0 nitrogen and oxygen atoms in total. The SMILES string of the molecule is CC1=C2c3c(C)cccc3-c3ccccc3C2C=C1. The van der Waals surface area contributed by atoms with E-state index in [1.165, 1.54) is 39.0 Å². The van der Waals surface area contributed by atoms with E-state index in [2.05, 4.69) is 68.5 Å². The highest BCUT2D eigenvalue weighted by atomic mass is 14.3. The Hall–Kier alpha value is -2.08. The summed E-state index contributed by atoms with van der Waals surface area (Å²) in [7, 11) is 0. The van der Waals surface area contributed by atoms with E-state index in [4.69, 9.17) is 0 Å². The molecule has 0 bridgehead atoms. The van der Waals surface area contributed by atoms with Crippen LogP contribution >= 0.6 is 0 Å². The molecule has 0 spiro atoms. The van der Waals surface area contributed by atoms with Crippen molar-refractivity contribution in [1.82, 2.24) is 0 Å². The maximum Gasteiger partial charge on any atom is 0.0287 e. The van der Waals surface area contributed by atoms with Crippen LogP contribution in [0, 0.1) is 6.92 Å². The summed E-state index contributed by atoms with van der Waals surface area (Å²) in [6.07, 6.45) is 4.62. The quantitative estimate of drug-likeness (QED) is 0.604. The third kappa shape index (κ3) is 1.34. The number of benzene rings is 2. The van der Waals surface area contributed by atoms with Crippen molar-refractivity contribution in [2.24, 2.45) is 0 Å². The third-order valence-electron chi connectivity index (χ3n) is 4.40. The summed E-state index contributed by atoms with van der Waals surface area (Å²) in [5.41, 5.74) is 9.99. The Labute approximate surface area is 114 Å². The monoisotopic (exact) mass is 244 g/mol. The van der Waals surface area contributed by atoms with E-state index in [0.717, 1.165) is 0 Å². The molecule has 0 heteroatoms. The van der Waals surface area contributed by atoms with Crippen LogP contribution in [0.15, 0.2) is 60.2 Å². The number of aryl methyl sites for hydroxylation is 1. The molecule has 0 saturated heterocycles. The highest BCUT2D eigenvalue weighted by Crippen LogP contribution is 2.51. The zero-order chi connectivity index (χ0) is 13.0. The van der Waals surface area contributed by atoms with Crippen LogP contribution in [-0.2, 0) is 0 Å². The Balaban J connectivity index is 2.16. The van der Waals surface area contributed by atoms with E-state index >= 15 is 0 Å². The Morgan fingerprint density at radius 1 is 0.842 bits per heavy atom. The minimum Gasteiger partial charge on any atom is -0.0723 e. The molecule has 0 fully saturated rings. The molecule has 0 aliphatic heterocycles. The average Bonchev–Trinajstić information content (AvgIpc) is 2.82. The van der Waals surface area contributed by atoms with Crippen LogP contribution in [0.4, 0.5) is 0 Å². The molecule has 1 atom stereocenters. The first-order valence-electron chi connectivity index (χ1n) is 6.85. The first-order chi connectivity index (χ1) is 9.27. The fourth-order valence-electron chi connectivity index (χ4n) is 3.55. The van der Waals surface area contributed by atoms with Crippen LogP contribution in [0.3, 0.4) is 0 Å². The highest BCUT2D eigenvalue weighted by molar-refractivity contribution is 5.96. The highest BCUT2D eigenvalue weighted by Gasteiger charge is 2.31. The van der Waals surface area contributed by atoms with Gasteiger partial charge in [0.25, 0.3) is 0 Å². The van der Waals surface area contributed by atoms with Gasteiger partial charge < -0.3 is 0 Å². The van der Waals surface area contributed by atoms with Gasteiger partial charge in [0.05, 0.1) is 0 Å². The second-order valence-electron chi connectivity index (χ2n) is 5.52. The predicted octanol–water partition coefficient (Wildman–Crippen LogP) is 5.10. The Morgan fingerprint density at radius 2 is 1.63 bits per heavy atom. The summed E-state index contributed by atoms with van der Waals surface area (Å²) >= 11 is 0. The summed E-state index contributed by atoms with van der Waals surface area (Å²) in [6.45, 7) is 4.46. The van der Waals surface area contributed by atoms with E-state index in [9.17, 15) is 0 Å². The third-order valence-corrected chi connectivity index (χ3v) is 4.40. The fraction of sp³-hybridized carbons (Fsp3) is 0.158. The number of rotatable bonds is 0. The van der Waals surface area contributed by atoms with Gasteiger partial charge in [0, 0.05) is 5.92 Å². The van der Waals surface area contributed by atoms with Crippen LogP contribution in [0.5, 0.6) is 0 Å². The van der Waals surface area contributed by atoms with Crippen LogP contribution in [0.1, 0.15) is 29.5 Å². The molecule has 2 aliphatic rings. The summed E-state index contributed by atoms with van der Waals surface area (Å²) in [5, 5.41) is 0. The van der Waals surface area contributed by atoms with Gasteiger partial charge in [-0.3, -0.25) is 0 Å². The van der Waals surface area contributed by atoms with Crippen LogP contribution in [0.25, 0.3) is 16.7 Å². The first-order valence-corrected chi connectivity index (χ1v) is 6.85. The maximum absolute atomic E-state index is 2.35. The van der Waals surface area contributed by atoms with Gasteiger partial charge in [0.15, 0.2) is 0 Å². The van der Waals surface area contributed by atoms with E-state index < -0.39 is 0 Å². The van der Waals surface area contributed by atoms with Gasteiger partial charge in [-0.2, -0.15) is 0 Å². The lowest BCUT2D eigenvalue weighted by molar-refractivity contribution is 1.09. The molecule has 4 rings (SSSR count). The van der Waals surface area contributed by atoms with Crippen molar-refractivity contribution in [2.75, 3.05) is 0 Å². The second kappa shape index (κ2) is 3.71. The van der Waals surface area contributed by atoms with Gasteiger partial charge in [-0.05, 0) is 52.8 Å². The Morgan fingerprint density at radius 3 is 2.53 bits per heavy atom. The number of hydrogen-bond donors (Lipinski definition) is 0. The molecule has 2 aromatic carbocycles. The molecule has 92 valence electrons. The van der Waals surface area contributed by atoms with E-state index in [-0.39, 0.29) is 0 Å². The zero-order valence-electron chi connectivity index (χ0n) is 11.3. The normalized spacial score (nSPS) is 19.2. The fourth-order valence-corrected chi connectivity index (χ4v) is 3.55. The van der Waals surface area contributed by atoms with Crippen LogP contribution in [0.2, 0.25) is 0 Å². The molecular formula is C19H16. The smallest absolute Gasteiger partial charge is 0.0287 e. The molecule has 0 radical (unpaired) electrons. The molecular weight excluding hydrogens is 228 g/mol. The maximum atomic E-state index is 2.35. The summed E-state index contributed by atoms with van der Waals surface area (Å²) in [6, 6.07) is 15.5. The molecule has 2 aliphatic carbocycles. The zero-order valence-corrected chi connectivity index (χ0v) is 11.3. The van der Waals surface area contributed by atoms with Crippen molar-refractivity contribution in [3.8, 4) is 11.1 Å². The lowest BCUT2D eigenvalue weighted by Gasteiger charge is -2.29. The van der Waals surface area contributed by atoms with Gasteiger partial charge in [0.2, 0.25) is 0 Å². The predicted molar refractivity (Wildman–Crippen MR) is 81.1 cm³/mol. The molecule has 0 heterocycles. The van der Waals surface area contributed by atoms with E-state index in [0.29, 0.717) is 5.92 Å². The van der Waals surface area contributed by atoms with Crippen molar-refractivity contribution in [3.63, 3.8) is 0 Å². The largest absolute Gasteiger partial charge is 0.0723 e. The first kappa shape index (κ1) is 10.8. The van der Waals surface area contributed by atoms with Crippen molar-refractivity contribution in [2.45, 2.75) is 19.8 Å². The summed E-state index contributed by atoms with van der Waals surface area (Å²) in [4.78, 5) is 0. The molecule has 0 saturated carbocycles. The van der Waals surface area contributed by atoms with Crippen molar-refractivity contribution in [1.29, 1.82) is 0 Å². The standard InChI is InChI=1S/C19H16/c1-12-6-5-9-16-14-7-3-4-8-15(14)17-11-10-13(2)19(17)18(12)16/h3-11,17H,1-2H3. The van der Waals surface area contributed by atoms with E-state index in [1.807, 2.05) is 0 Å². The van der Waals surface area contributed by atoms with Crippen LogP contribution < -0.4 is 0 Å². The minimum atomic E-state index is 0.449. The molecule has 19 heavy (non-hydrogen) atoms. The van der Waals surface area contributed by atoms with Gasteiger partial charge >= 0.3 is 0 Å². The lowest BCUT2D eigenvalue weighted by atomic mass is 9.74. The number of hydrogen-bond acceptors (Lipinski definition) is 0. The molecule has 0 amide bonds. The Kier molecular flexibility index (Phi) is 2.11. The van der Waals surface area contributed by atoms with E-state index in [1.54, 1.807) is 0 Å². The minimum absolute atomic E-state index is 0.449. The van der Waals surface area contributed by atoms with Crippen molar-refractivity contribution < 1.29 is 0 Å². The molecule has 1 unspecified atom stereocenters. The van der Waals surface area contributed by atoms with Gasteiger partial charge in [-0.25, -0.2) is 0 Å². The molecule has 2 aromatic rings. The lowest BCUT2D eigenvalue weighted by Crippen LogP contribution is -2.09. The molecule has 0 N–H and O–H groups in total. The summed E-state index contributed by atoms with van der Waals surface area (Å²) in [5.74, 6) is 0.449. The second-order valence-corrected chi connectivity index (χ2v) is 5.52. The Bertz CT molecular complexity index is 744.